The van der Waals surface area contributed by atoms with Crippen LogP contribution in [0, 0.1) is 11.6 Å². The van der Waals surface area contributed by atoms with Gasteiger partial charge in [-0.1, -0.05) is 17.7 Å². The number of sulfonamides is 1. The molecule has 0 saturated carbocycles. The molecule has 0 fully saturated rings. The fourth-order valence-corrected chi connectivity index (χ4v) is 3.69. The monoisotopic (exact) mass is 381 g/mol. The minimum absolute atomic E-state index is 0.0164. The van der Waals surface area contributed by atoms with Crippen LogP contribution in [-0.4, -0.2) is 8.42 Å². The molecular formula is C12H7BrClF2NO2S. The van der Waals surface area contributed by atoms with E-state index >= 15 is 0 Å². The quantitative estimate of drug-likeness (QED) is 0.865. The Kier molecular flexibility index (Phi) is 4.31. The lowest BCUT2D eigenvalue weighted by molar-refractivity contribution is 0.595. The van der Waals surface area contributed by atoms with Crippen LogP contribution in [0.4, 0.5) is 14.5 Å². The lowest BCUT2D eigenvalue weighted by Crippen LogP contribution is -2.14. The van der Waals surface area contributed by atoms with Gasteiger partial charge in [0, 0.05) is 4.47 Å². The summed E-state index contributed by atoms with van der Waals surface area (Å²) in [5.41, 5.74) is -0.0164. The summed E-state index contributed by atoms with van der Waals surface area (Å²) >= 11 is 8.80. The number of rotatable bonds is 3. The van der Waals surface area contributed by atoms with Crippen LogP contribution in [0.1, 0.15) is 0 Å². The maximum Gasteiger partial charge on any atom is 0.262 e. The first-order valence-electron chi connectivity index (χ1n) is 5.22. The molecule has 0 atom stereocenters. The molecule has 2 aromatic rings. The van der Waals surface area contributed by atoms with E-state index in [0.29, 0.717) is 0 Å². The van der Waals surface area contributed by atoms with Crippen LogP contribution in [0.15, 0.2) is 45.8 Å². The molecule has 0 amide bonds. The highest BCUT2D eigenvalue weighted by Crippen LogP contribution is 2.33. The molecule has 2 aromatic carbocycles. The molecule has 0 radical (unpaired) electrons. The van der Waals surface area contributed by atoms with Gasteiger partial charge in [0.2, 0.25) is 0 Å². The lowest BCUT2D eigenvalue weighted by Gasteiger charge is -2.11. The average Bonchev–Trinajstić information content (AvgIpc) is 2.34. The first-order valence-corrected chi connectivity index (χ1v) is 7.88. The Morgan fingerprint density at radius 2 is 1.80 bits per heavy atom. The smallest absolute Gasteiger partial charge is 0.262 e. The molecular weight excluding hydrogens is 376 g/mol. The number of benzene rings is 2. The molecule has 0 aliphatic carbocycles. The Hall–Kier alpha value is -1.18. The van der Waals surface area contributed by atoms with E-state index < -0.39 is 21.7 Å². The molecule has 0 aromatic heterocycles. The van der Waals surface area contributed by atoms with Gasteiger partial charge in [-0.15, -0.1) is 0 Å². The van der Waals surface area contributed by atoms with Crippen molar-refractivity contribution < 1.29 is 17.2 Å². The van der Waals surface area contributed by atoms with E-state index in [4.69, 9.17) is 11.6 Å². The summed E-state index contributed by atoms with van der Waals surface area (Å²) < 4.78 is 52.7. The summed E-state index contributed by atoms with van der Waals surface area (Å²) in [7, 11) is -4.02. The molecule has 0 spiro atoms. The van der Waals surface area contributed by atoms with E-state index in [1.807, 2.05) is 0 Å². The van der Waals surface area contributed by atoms with Crippen LogP contribution < -0.4 is 4.72 Å². The second kappa shape index (κ2) is 5.67. The SMILES string of the molecule is O=S(=O)(Nc1c(Cl)cc(F)cc1Br)c1cccc(F)c1. The van der Waals surface area contributed by atoms with E-state index in [0.717, 1.165) is 24.3 Å². The second-order valence-corrected chi connectivity index (χ2v) is 6.75. The van der Waals surface area contributed by atoms with Crippen molar-refractivity contribution in [3.8, 4) is 0 Å². The number of halogens is 4. The van der Waals surface area contributed by atoms with Gasteiger partial charge in [-0.05, 0) is 46.3 Å². The topological polar surface area (TPSA) is 46.2 Å². The van der Waals surface area contributed by atoms with E-state index in [-0.39, 0.29) is 20.1 Å². The van der Waals surface area contributed by atoms with Crippen LogP contribution >= 0.6 is 27.5 Å². The second-order valence-electron chi connectivity index (χ2n) is 3.81. The maximum atomic E-state index is 13.1. The van der Waals surface area contributed by atoms with Crippen LogP contribution in [0.5, 0.6) is 0 Å². The van der Waals surface area contributed by atoms with E-state index in [1.165, 1.54) is 12.1 Å². The van der Waals surface area contributed by atoms with Gasteiger partial charge in [0.15, 0.2) is 0 Å². The van der Waals surface area contributed by atoms with Crippen molar-refractivity contribution in [2.75, 3.05) is 4.72 Å². The van der Waals surface area contributed by atoms with Crippen molar-refractivity contribution in [1.29, 1.82) is 0 Å². The van der Waals surface area contributed by atoms with Gasteiger partial charge in [0.1, 0.15) is 11.6 Å². The minimum atomic E-state index is -4.02. The summed E-state index contributed by atoms with van der Waals surface area (Å²) in [6.45, 7) is 0. The van der Waals surface area contributed by atoms with Gasteiger partial charge in [0.25, 0.3) is 10.0 Å². The molecule has 0 heterocycles. The highest BCUT2D eigenvalue weighted by molar-refractivity contribution is 9.10. The highest BCUT2D eigenvalue weighted by atomic mass is 79.9. The minimum Gasteiger partial charge on any atom is -0.277 e. The van der Waals surface area contributed by atoms with Crippen LogP contribution in [0.2, 0.25) is 5.02 Å². The van der Waals surface area contributed by atoms with Gasteiger partial charge in [-0.25, -0.2) is 17.2 Å². The van der Waals surface area contributed by atoms with Gasteiger partial charge in [0.05, 0.1) is 15.6 Å². The summed E-state index contributed by atoms with van der Waals surface area (Å²) in [6.07, 6.45) is 0. The molecule has 0 aliphatic heterocycles. The summed E-state index contributed by atoms with van der Waals surface area (Å²) in [5, 5.41) is -0.114. The molecule has 0 unspecified atom stereocenters. The Morgan fingerprint density at radius 3 is 2.40 bits per heavy atom. The summed E-state index contributed by atoms with van der Waals surface area (Å²) in [5.74, 6) is -1.30. The van der Waals surface area contributed by atoms with E-state index in [1.54, 1.807) is 0 Å². The fourth-order valence-electron chi connectivity index (χ4n) is 1.47. The van der Waals surface area contributed by atoms with Crippen LogP contribution in [0.3, 0.4) is 0 Å². The molecule has 8 heteroatoms. The Morgan fingerprint density at radius 1 is 1.10 bits per heavy atom. The third kappa shape index (κ3) is 3.28. The van der Waals surface area contributed by atoms with E-state index in [9.17, 15) is 17.2 Å². The summed E-state index contributed by atoms with van der Waals surface area (Å²) in [4.78, 5) is -0.259. The van der Waals surface area contributed by atoms with Crippen molar-refractivity contribution >= 4 is 43.2 Å². The molecule has 2 rings (SSSR count). The predicted molar refractivity (Wildman–Crippen MR) is 76.3 cm³/mol. The van der Waals surface area contributed by atoms with Crippen LogP contribution in [0.25, 0.3) is 0 Å². The highest BCUT2D eigenvalue weighted by Gasteiger charge is 2.18. The fraction of sp³-hybridized carbons (Fsp3) is 0. The van der Waals surface area contributed by atoms with Crippen molar-refractivity contribution in [1.82, 2.24) is 0 Å². The Bertz CT molecular complexity index is 745. The molecule has 20 heavy (non-hydrogen) atoms. The zero-order valence-corrected chi connectivity index (χ0v) is 12.9. The number of hydrogen-bond acceptors (Lipinski definition) is 2. The standard InChI is InChI=1S/C12H7BrClF2NO2S/c13-10-5-8(16)6-11(14)12(10)17-20(18,19)9-3-1-2-7(15)4-9/h1-6,17H. The predicted octanol–water partition coefficient (Wildman–Crippen LogP) is 4.18. The molecule has 106 valence electrons. The van der Waals surface area contributed by atoms with Crippen molar-refractivity contribution in [3.05, 3.63) is 57.5 Å². The zero-order valence-electron chi connectivity index (χ0n) is 9.70. The third-order valence-corrected chi connectivity index (χ3v) is 4.62. The van der Waals surface area contributed by atoms with Crippen molar-refractivity contribution in [3.63, 3.8) is 0 Å². The normalized spacial score (nSPS) is 11.4. The van der Waals surface area contributed by atoms with E-state index in [2.05, 4.69) is 20.7 Å². The van der Waals surface area contributed by atoms with Crippen molar-refractivity contribution in [2.24, 2.45) is 0 Å². The number of anilines is 1. The summed E-state index contributed by atoms with van der Waals surface area (Å²) in [6, 6.07) is 6.53. The maximum absolute atomic E-state index is 13.1. The zero-order chi connectivity index (χ0) is 14.9. The van der Waals surface area contributed by atoms with Gasteiger partial charge in [-0.3, -0.25) is 4.72 Å². The van der Waals surface area contributed by atoms with Gasteiger partial charge in [-0.2, -0.15) is 0 Å². The lowest BCUT2D eigenvalue weighted by atomic mass is 10.3. The van der Waals surface area contributed by atoms with Crippen LogP contribution in [-0.2, 0) is 10.0 Å². The first kappa shape index (κ1) is 15.2. The van der Waals surface area contributed by atoms with Crippen molar-refractivity contribution in [2.45, 2.75) is 4.90 Å². The molecule has 0 saturated heterocycles. The Labute approximate surface area is 127 Å². The largest absolute Gasteiger partial charge is 0.277 e. The Balaban J connectivity index is 2.44. The third-order valence-electron chi connectivity index (χ3n) is 2.35. The molecule has 3 nitrogen and oxygen atoms in total. The number of nitrogens with one attached hydrogen (secondary N) is 1. The first-order chi connectivity index (χ1) is 9.29. The average molecular weight is 383 g/mol. The molecule has 0 bridgehead atoms. The van der Waals surface area contributed by atoms with Gasteiger partial charge >= 0.3 is 0 Å². The number of hydrogen-bond donors (Lipinski definition) is 1. The van der Waals surface area contributed by atoms with Gasteiger partial charge < -0.3 is 0 Å². The molecule has 1 N–H and O–H groups in total. The molecule has 0 aliphatic rings.